The van der Waals surface area contributed by atoms with Gasteiger partial charge in [0.05, 0.1) is 12.0 Å². The van der Waals surface area contributed by atoms with Gasteiger partial charge in [0.15, 0.2) is 0 Å². The van der Waals surface area contributed by atoms with Crippen molar-refractivity contribution in [2.24, 2.45) is 0 Å². The minimum Gasteiger partial charge on any atom is -0.478 e. The number of carboxylic acid groups (broad SMARTS) is 1. The van der Waals surface area contributed by atoms with Crippen LogP contribution in [0.1, 0.15) is 38.8 Å². The number of thiophene rings is 1. The Morgan fingerprint density at radius 3 is 2.87 bits per heavy atom. The van der Waals surface area contributed by atoms with Gasteiger partial charge in [-0.15, -0.1) is 11.3 Å². The first-order valence-corrected chi connectivity index (χ1v) is 8.64. The molecule has 2 heterocycles. The molecule has 0 saturated carbocycles. The Morgan fingerprint density at radius 1 is 1.35 bits per heavy atom. The van der Waals surface area contributed by atoms with E-state index in [2.05, 4.69) is 25.1 Å². The fourth-order valence-electron chi connectivity index (χ4n) is 3.08. The number of aromatic carboxylic acids is 1. The number of carbonyl (C=O) groups excluding carboxylic acids is 1. The second-order valence-corrected chi connectivity index (χ2v) is 6.75. The van der Waals surface area contributed by atoms with Crippen LogP contribution in [0.3, 0.4) is 0 Å². The first-order chi connectivity index (χ1) is 11.1. The summed E-state index contributed by atoms with van der Waals surface area (Å²) in [6, 6.07) is 7.92. The van der Waals surface area contributed by atoms with E-state index in [1.165, 1.54) is 28.0 Å². The molecule has 0 bridgehead atoms. The number of hydrogen-bond donors (Lipinski definition) is 1. The van der Waals surface area contributed by atoms with Crippen LogP contribution in [0.25, 0.3) is 0 Å². The lowest BCUT2D eigenvalue weighted by Crippen LogP contribution is -2.37. The third-order valence-electron chi connectivity index (χ3n) is 4.32. The highest BCUT2D eigenvalue weighted by molar-refractivity contribution is 7.10. The standard InChI is InChI=1S/C18H19NO3S/c1-2-12-4-3-5-13-10-19(7-6-16(12)13)17(20)9-15-8-14(11-23-15)18(21)22/h3-5,8,11H,2,6-7,9-10H2,1H3,(H,21,22). The molecule has 0 aliphatic carbocycles. The Bertz CT molecular complexity index is 750. The summed E-state index contributed by atoms with van der Waals surface area (Å²) in [4.78, 5) is 26.1. The molecule has 1 aromatic heterocycles. The Labute approximate surface area is 139 Å². The van der Waals surface area contributed by atoms with E-state index < -0.39 is 5.97 Å². The van der Waals surface area contributed by atoms with Gasteiger partial charge >= 0.3 is 5.97 Å². The summed E-state index contributed by atoms with van der Waals surface area (Å²) in [6.07, 6.45) is 2.20. The van der Waals surface area contributed by atoms with E-state index in [0.29, 0.717) is 6.54 Å². The van der Waals surface area contributed by atoms with Crippen LogP contribution in [0.2, 0.25) is 0 Å². The molecule has 0 unspecified atom stereocenters. The minimum atomic E-state index is -0.945. The predicted octanol–water partition coefficient (Wildman–Crippen LogP) is 3.14. The van der Waals surface area contributed by atoms with E-state index in [4.69, 9.17) is 5.11 Å². The van der Waals surface area contributed by atoms with Crippen molar-refractivity contribution in [3.8, 4) is 0 Å². The van der Waals surface area contributed by atoms with Crippen LogP contribution in [-0.4, -0.2) is 28.4 Å². The van der Waals surface area contributed by atoms with E-state index >= 15 is 0 Å². The number of carbonyl (C=O) groups is 2. The molecule has 120 valence electrons. The summed E-state index contributed by atoms with van der Waals surface area (Å²) in [5.41, 5.74) is 4.26. The van der Waals surface area contributed by atoms with Crippen LogP contribution in [0.15, 0.2) is 29.6 Å². The molecule has 0 atom stereocenters. The largest absolute Gasteiger partial charge is 0.478 e. The molecule has 1 aliphatic heterocycles. The summed E-state index contributed by atoms with van der Waals surface area (Å²) in [5.74, 6) is -0.879. The molecule has 2 aromatic rings. The molecule has 0 saturated heterocycles. The molecule has 23 heavy (non-hydrogen) atoms. The van der Waals surface area contributed by atoms with Crippen molar-refractivity contribution in [1.29, 1.82) is 0 Å². The Balaban J connectivity index is 1.70. The summed E-state index contributed by atoms with van der Waals surface area (Å²) >= 11 is 1.33. The van der Waals surface area contributed by atoms with Crippen molar-refractivity contribution in [3.63, 3.8) is 0 Å². The number of aryl methyl sites for hydroxylation is 1. The van der Waals surface area contributed by atoms with Gasteiger partial charge in [-0.3, -0.25) is 4.79 Å². The average Bonchev–Trinajstić information content (AvgIpc) is 3.02. The van der Waals surface area contributed by atoms with Crippen molar-refractivity contribution >= 4 is 23.2 Å². The molecule has 0 fully saturated rings. The zero-order chi connectivity index (χ0) is 16.4. The normalized spacial score (nSPS) is 13.7. The van der Waals surface area contributed by atoms with Gasteiger partial charge < -0.3 is 10.0 Å². The van der Waals surface area contributed by atoms with Gasteiger partial charge in [-0.25, -0.2) is 4.79 Å². The average molecular weight is 329 g/mol. The van der Waals surface area contributed by atoms with Crippen molar-refractivity contribution in [2.45, 2.75) is 32.7 Å². The third-order valence-corrected chi connectivity index (χ3v) is 5.26. The second-order valence-electron chi connectivity index (χ2n) is 5.76. The fourth-order valence-corrected chi connectivity index (χ4v) is 3.93. The molecule has 1 N–H and O–H groups in total. The van der Waals surface area contributed by atoms with Crippen LogP contribution < -0.4 is 0 Å². The summed E-state index contributed by atoms with van der Waals surface area (Å²) in [5, 5.41) is 10.5. The van der Waals surface area contributed by atoms with Gasteiger partial charge in [0.2, 0.25) is 5.91 Å². The lowest BCUT2D eigenvalue weighted by molar-refractivity contribution is -0.131. The second kappa shape index (κ2) is 6.54. The maximum absolute atomic E-state index is 12.5. The number of amides is 1. The van der Waals surface area contributed by atoms with E-state index in [1.54, 1.807) is 11.4 Å². The predicted molar refractivity (Wildman–Crippen MR) is 89.9 cm³/mol. The zero-order valence-corrected chi connectivity index (χ0v) is 13.9. The summed E-state index contributed by atoms with van der Waals surface area (Å²) in [6.45, 7) is 3.54. The van der Waals surface area contributed by atoms with Crippen LogP contribution in [0, 0.1) is 0 Å². The molecular weight excluding hydrogens is 310 g/mol. The van der Waals surface area contributed by atoms with Gasteiger partial charge in [0, 0.05) is 23.3 Å². The lowest BCUT2D eigenvalue weighted by atomic mass is 9.93. The Kier molecular flexibility index (Phi) is 4.48. The number of hydrogen-bond acceptors (Lipinski definition) is 3. The van der Waals surface area contributed by atoms with Crippen molar-refractivity contribution in [2.75, 3.05) is 6.54 Å². The van der Waals surface area contributed by atoms with E-state index in [9.17, 15) is 9.59 Å². The molecule has 5 heteroatoms. The number of carboxylic acids is 1. The SMILES string of the molecule is CCc1cccc2c1CCN(C(=O)Cc1cc(C(=O)O)cs1)C2. The van der Waals surface area contributed by atoms with Crippen LogP contribution in [0.5, 0.6) is 0 Å². The first-order valence-electron chi connectivity index (χ1n) is 7.76. The molecule has 0 spiro atoms. The molecule has 1 aliphatic rings. The number of benzene rings is 1. The summed E-state index contributed by atoms with van der Waals surface area (Å²) < 4.78 is 0. The fraction of sp³-hybridized carbons (Fsp3) is 0.333. The van der Waals surface area contributed by atoms with Crippen molar-refractivity contribution in [1.82, 2.24) is 4.90 Å². The minimum absolute atomic E-state index is 0.0661. The molecule has 0 radical (unpaired) electrons. The Hall–Kier alpha value is -2.14. The molecular formula is C18H19NO3S. The topological polar surface area (TPSA) is 57.6 Å². The highest BCUT2D eigenvalue weighted by Gasteiger charge is 2.22. The molecule has 1 aromatic carbocycles. The van der Waals surface area contributed by atoms with Gasteiger partial charge in [-0.1, -0.05) is 25.1 Å². The first kappa shape index (κ1) is 15.7. The highest BCUT2D eigenvalue weighted by Crippen LogP contribution is 2.24. The van der Waals surface area contributed by atoms with Gasteiger partial charge in [0.25, 0.3) is 0 Å². The monoisotopic (exact) mass is 329 g/mol. The number of nitrogens with zero attached hydrogens (tertiary/aromatic N) is 1. The van der Waals surface area contributed by atoms with Crippen LogP contribution in [-0.2, 0) is 30.6 Å². The molecule has 1 amide bonds. The lowest BCUT2D eigenvalue weighted by Gasteiger charge is -2.30. The van der Waals surface area contributed by atoms with Gasteiger partial charge in [0.1, 0.15) is 0 Å². The maximum atomic E-state index is 12.5. The quantitative estimate of drug-likeness (QED) is 0.937. The molecule has 3 rings (SSSR count). The smallest absolute Gasteiger partial charge is 0.336 e. The van der Waals surface area contributed by atoms with Crippen molar-refractivity contribution < 1.29 is 14.7 Å². The number of rotatable bonds is 4. The van der Waals surface area contributed by atoms with Gasteiger partial charge in [-0.2, -0.15) is 0 Å². The van der Waals surface area contributed by atoms with Gasteiger partial charge in [-0.05, 0) is 35.6 Å². The Morgan fingerprint density at radius 2 is 2.17 bits per heavy atom. The van der Waals surface area contributed by atoms with E-state index in [0.717, 1.165) is 24.3 Å². The van der Waals surface area contributed by atoms with Crippen LogP contribution in [0.4, 0.5) is 0 Å². The highest BCUT2D eigenvalue weighted by atomic mass is 32.1. The third kappa shape index (κ3) is 3.29. The van der Waals surface area contributed by atoms with E-state index in [1.807, 2.05) is 4.90 Å². The molecule has 4 nitrogen and oxygen atoms in total. The van der Waals surface area contributed by atoms with Crippen LogP contribution >= 0.6 is 11.3 Å². The summed E-state index contributed by atoms with van der Waals surface area (Å²) in [7, 11) is 0. The zero-order valence-electron chi connectivity index (χ0n) is 13.0. The number of fused-ring (bicyclic) bond motifs is 1. The van der Waals surface area contributed by atoms with Crippen molar-refractivity contribution in [3.05, 3.63) is 56.8 Å². The maximum Gasteiger partial charge on any atom is 0.336 e. The van der Waals surface area contributed by atoms with E-state index in [-0.39, 0.29) is 17.9 Å².